The van der Waals surface area contributed by atoms with Crippen LogP contribution >= 0.6 is 11.8 Å². The molecule has 144 valence electrons. The molecule has 4 rings (SSSR count). The molecule has 1 N–H and O–H groups in total. The lowest BCUT2D eigenvalue weighted by atomic mass is 10.1. The molecule has 0 fully saturated rings. The molecule has 0 bridgehead atoms. The van der Waals surface area contributed by atoms with Crippen LogP contribution in [-0.2, 0) is 17.8 Å². The van der Waals surface area contributed by atoms with Crippen LogP contribution in [0.4, 0.5) is 11.4 Å². The maximum absolute atomic E-state index is 12.6. The first-order valence-corrected chi connectivity index (χ1v) is 10.4. The van der Waals surface area contributed by atoms with Crippen molar-refractivity contribution in [1.29, 1.82) is 0 Å². The number of thioether (sulfide) groups is 1. The number of hydrogen-bond acceptors (Lipinski definition) is 5. The number of likely N-dealkylation sites (N-methyl/N-ethyl adjacent to an activating group) is 1. The molecule has 1 aliphatic heterocycles. The van der Waals surface area contributed by atoms with Crippen molar-refractivity contribution in [3.05, 3.63) is 54.1 Å². The van der Waals surface area contributed by atoms with Crippen LogP contribution in [0, 0.1) is 0 Å². The Morgan fingerprint density at radius 1 is 1.14 bits per heavy atom. The molecule has 1 aromatic heterocycles. The number of anilines is 2. The first-order valence-electron chi connectivity index (χ1n) is 9.41. The fraction of sp³-hybridized carbons (Fsp3) is 0.286. The number of rotatable bonds is 6. The summed E-state index contributed by atoms with van der Waals surface area (Å²) in [6.45, 7) is 3.79. The molecular formula is C21H23N5OS. The summed E-state index contributed by atoms with van der Waals surface area (Å²) >= 11 is 1.41. The monoisotopic (exact) mass is 393 g/mol. The number of carbonyl (C=O) groups excluding carboxylic acids is 1. The van der Waals surface area contributed by atoms with Gasteiger partial charge in [0.2, 0.25) is 5.91 Å². The molecule has 2 heterocycles. The van der Waals surface area contributed by atoms with Crippen LogP contribution in [0.5, 0.6) is 0 Å². The normalized spacial score (nSPS) is 12.9. The predicted molar refractivity (Wildman–Crippen MR) is 114 cm³/mol. The lowest BCUT2D eigenvalue weighted by molar-refractivity contribution is -0.113. The van der Waals surface area contributed by atoms with E-state index in [4.69, 9.17) is 0 Å². The molecule has 0 spiro atoms. The molecule has 0 saturated heterocycles. The van der Waals surface area contributed by atoms with Crippen LogP contribution in [-0.4, -0.2) is 40.0 Å². The zero-order chi connectivity index (χ0) is 19.5. The molecule has 3 aromatic rings. The van der Waals surface area contributed by atoms with Crippen molar-refractivity contribution in [2.24, 2.45) is 0 Å². The number of carbonyl (C=O) groups is 1. The third-order valence-corrected chi connectivity index (χ3v) is 5.86. The minimum absolute atomic E-state index is 0.0365. The number of amides is 1. The number of aromatic nitrogens is 3. The second-order valence-corrected chi connectivity index (χ2v) is 7.68. The van der Waals surface area contributed by atoms with Crippen LogP contribution in [0.2, 0.25) is 0 Å². The minimum atomic E-state index is -0.0365. The Bertz CT molecular complexity index is 986. The first-order chi connectivity index (χ1) is 13.7. The van der Waals surface area contributed by atoms with Crippen molar-refractivity contribution in [2.45, 2.75) is 25.0 Å². The maximum Gasteiger partial charge on any atom is 0.234 e. The van der Waals surface area contributed by atoms with E-state index in [-0.39, 0.29) is 5.91 Å². The molecule has 1 amide bonds. The third kappa shape index (κ3) is 3.62. The average molecular weight is 394 g/mol. The van der Waals surface area contributed by atoms with Crippen LogP contribution in [0.3, 0.4) is 0 Å². The van der Waals surface area contributed by atoms with Crippen LogP contribution in [0.15, 0.2) is 53.7 Å². The Kier molecular flexibility index (Phi) is 5.34. The van der Waals surface area contributed by atoms with Crippen LogP contribution in [0.25, 0.3) is 11.4 Å². The Morgan fingerprint density at radius 3 is 2.75 bits per heavy atom. The highest BCUT2D eigenvalue weighted by molar-refractivity contribution is 7.99. The summed E-state index contributed by atoms with van der Waals surface area (Å²) in [5, 5.41) is 12.4. The van der Waals surface area contributed by atoms with Gasteiger partial charge in [-0.3, -0.25) is 4.79 Å². The van der Waals surface area contributed by atoms with Crippen molar-refractivity contribution in [3.8, 4) is 11.4 Å². The van der Waals surface area contributed by atoms with Gasteiger partial charge in [0.25, 0.3) is 0 Å². The molecule has 0 atom stereocenters. The molecule has 1 aliphatic rings. The van der Waals surface area contributed by atoms with E-state index < -0.39 is 0 Å². The van der Waals surface area contributed by atoms with Gasteiger partial charge in [-0.25, -0.2) is 0 Å². The lowest BCUT2D eigenvalue weighted by Gasteiger charge is -2.17. The highest BCUT2D eigenvalue weighted by Crippen LogP contribution is 2.34. The van der Waals surface area contributed by atoms with Crippen molar-refractivity contribution >= 4 is 29.0 Å². The molecule has 7 heteroatoms. The maximum atomic E-state index is 12.6. The quantitative estimate of drug-likeness (QED) is 0.647. The fourth-order valence-corrected chi connectivity index (χ4v) is 4.34. The molecule has 6 nitrogen and oxygen atoms in total. The Hall–Kier alpha value is -2.80. The van der Waals surface area contributed by atoms with Gasteiger partial charge in [0.15, 0.2) is 11.0 Å². The van der Waals surface area contributed by atoms with E-state index in [1.807, 2.05) is 47.0 Å². The van der Waals surface area contributed by atoms with Gasteiger partial charge < -0.3 is 14.8 Å². The summed E-state index contributed by atoms with van der Waals surface area (Å²) in [6, 6.07) is 16.1. The van der Waals surface area contributed by atoms with Gasteiger partial charge in [-0.1, -0.05) is 54.2 Å². The van der Waals surface area contributed by atoms with Crippen molar-refractivity contribution in [2.75, 3.05) is 29.6 Å². The van der Waals surface area contributed by atoms with Gasteiger partial charge in [-0.2, -0.15) is 0 Å². The zero-order valence-electron chi connectivity index (χ0n) is 16.1. The lowest BCUT2D eigenvalue weighted by Crippen LogP contribution is -2.19. The fourth-order valence-electron chi connectivity index (χ4n) is 3.54. The van der Waals surface area contributed by atoms with E-state index in [1.165, 1.54) is 17.3 Å². The van der Waals surface area contributed by atoms with Gasteiger partial charge in [-0.05, 0) is 25.0 Å². The molecule has 0 saturated carbocycles. The smallest absolute Gasteiger partial charge is 0.234 e. The second kappa shape index (κ2) is 8.06. The number of para-hydroxylation sites is 1. The summed E-state index contributed by atoms with van der Waals surface area (Å²) in [7, 11) is 2.06. The van der Waals surface area contributed by atoms with E-state index in [0.29, 0.717) is 5.75 Å². The van der Waals surface area contributed by atoms with Gasteiger partial charge in [0.05, 0.1) is 17.1 Å². The largest absolute Gasteiger partial charge is 0.372 e. The summed E-state index contributed by atoms with van der Waals surface area (Å²) in [4.78, 5) is 14.8. The Balaban J connectivity index is 1.45. The van der Waals surface area contributed by atoms with Gasteiger partial charge in [0.1, 0.15) is 0 Å². The second-order valence-electron chi connectivity index (χ2n) is 6.74. The predicted octanol–water partition coefficient (Wildman–Crippen LogP) is 3.69. The van der Waals surface area contributed by atoms with E-state index in [1.54, 1.807) is 0 Å². The number of fused-ring (bicyclic) bond motifs is 1. The average Bonchev–Trinajstić information content (AvgIpc) is 3.31. The highest BCUT2D eigenvalue weighted by atomic mass is 32.2. The number of nitrogens with zero attached hydrogens (tertiary/aromatic N) is 4. The van der Waals surface area contributed by atoms with E-state index in [0.717, 1.165) is 47.4 Å². The third-order valence-electron chi connectivity index (χ3n) is 4.89. The Morgan fingerprint density at radius 2 is 1.96 bits per heavy atom. The van der Waals surface area contributed by atoms with Crippen LogP contribution in [0.1, 0.15) is 12.5 Å². The Labute approximate surface area is 169 Å². The van der Waals surface area contributed by atoms with Crippen molar-refractivity contribution in [1.82, 2.24) is 14.8 Å². The number of hydrogen-bond donors (Lipinski definition) is 1. The summed E-state index contributed by atoms with van der Waals surface area (Å²) in [5.41, 5.74) is 4.32. The molecule has 0 radical (unpaired) electrons. The summed E-state index contributed by atoms with van der Waals surface area (Å²) in [5.74, 6) is 1.08. The topological polar surface area (TPSA) is 63.1 Å². The van der Waals surface area contributed by atoms with E-state index in [2.05, 4.69) is 40.5 Å². The molecule has 2 aromatic carbocycles. The van der Waals surface area contributed by atoms with Gasteiger partial charge >= 0.3 is 0 Å². The molecule has 28 heavy (non-hydrogen) atoms. The van der Waals surface area contributed by atoms with Gasteiger partial charge in [0, 0.05) is 25.7 Å². The van der Waals surface area contributed by atoms with Crippen molar-refractivity contribution < 1.29 is 4.79 Å². The zero-order valence-corrected chi connectivity index (χ0v) is 16.9. The molecular weight excluding hydrogens is 370 g/mol. The van der Waals surface area contributed by atoms with E-state index >= 15 is 0 Å². The van der Waals surface area contributed by atoms with Crippen LogP contribution < -0.4 is 10.2 Å². The summed E-state index contributed by atoms with van der Waals surface area (Å²) < 4.78 is 2.04. The highest BCUT2D eigenvalue weighted by Gasteiger charge is 2.20. The standard InChI is InChI=1S/C21H23N5OS/c1-3-26-20(16-8-5-4-6-9-16)23-24-21(26)28-14-18(27)22-17-11-7-10-15-12-13-25(2)19(15)17/h4-11H,3,12-14H2,1-2H3,(H,22,27). The van der Waals surface area contributed by atoms with Crippen molar-refractivity contribution in [3.63, 3.8) is 0 Å². The minimum Gasteiger partial charge on any atom is -0.372 e. The SMILES string of the molecule is CCn1c(SCC(=O)Nc2cccc3c2N(C)CC3)nnc1-c1ccccc1. The molecule has 0 aliphatic carbocycles. The number of nitrogens with one attached hydrogen (secondary N) is 1. The number of benzene rings is 2. The summed E-state index contributed by atoms with van der Waals surface area (Å²) in [6.07, 6.45) is 1.02. The molecule has 0 unspecified atom stereocenters. The van der Waals surface area contributed by atoms with Gasteiger partial charge in [-0.15, -0.1) is 10.2 Å². The first kappa shape index (κ1) is 18.6. The van der Waals surface area contributed by atoms with E-state index in [9.17, 15) is 4.79 Å².